The Bertz CT molecular complexity index is 338. The van der Waals surface area contributed by atoms with Gasteiger partial charge >= 0.3 is 0 Å². The quantitative estimate of drug-likeness (QED) is 0.787. The summed E-state index contributed by atoms with van der Waals surface area (Å²) in [5.41, 5.74) is 1.96. The lowest BCUT2D eigenvalue weighted by Crippen LogP contribution is -1.97. The molecule has 0 fully saturated rings. The third-order valence-electron chi connectivity index (χ3n) is 1.89. The lowest BCUT2D eigenvalue weighted by Gasteiger charge is -2.11. The summed E-state index contributed by atoms with van der Waals surface area (Å²) in [7, 11) is 0. The first-order valence-electron chi connectivity index (χ1n) is 4.03. The number of halogens is 1. The highest BCUT2D eigenvalue weighted by atomic mass is 79.9. The van der Waals surface area contributed by atoms with E-state index in [0.717, 1.165) is 15.6 Å². The fourth-order valence-electron chi connectivity index (χ4n) is 1.15. The highest BCUT2D eigenvalue weighted by Gasteiger charge is 2.10. The van der Waals surface area contributed by atoms with Crippen LogP contribution in [0.5, 0.6) is 0 Å². The largest absolute Gasteiger partial charge is 0.387 e. The minimum absolute atomic E-state index is 0.349. The van der Waals surface area contributed by atoms with Gasteiger partial charge in [0.25, 0.3) is 0 Å². The van der Waals surface area contributed by atoms with Crippen molar-refractivity contribution in [1.82, 2.24) is 0 Å². The Morgan fingerprint density at radius 2 is 2.31 bits per heavy atom. The van der Waals surface area contributed by atoms with E-state index in [1.54, 1.807) is 0 Å². The van der Waals surface area contributed by atoms with Gasteiger partial charge in [0.15, 0.2) is 0 Å². The molecular formula is C11H11BrO. The molecule has 1 atom stereocenters. The summed E-state index contributed by atoms with van der Waals surface area (Å²) in [4.78, 5) is 0. The third kappa shape index (κ3) is 2.33. The predicted molar refractivity (Wildman–Crippen MR) is 57.3 cm³/mol. The van der Waals surface area contributed by atoms with Crippen molar-refractivity contribution in [3.8, 4) is 12.3 Å². The van der Waals surface area contributed by atoms with Gasteiger partial charge in [0.1, 0.15) is 0 Å². The van der Waals surface area contributed by atoms with E-state index in [0.29, 0.717) is 6.42 Å². The van der Waals surface area contributed by atoms with Gasteiger partial charge in [-0.25, -0.2) is 0 Å². The second-order valence-corrected chi connectivity index (χ2v) is 3.70. The molecule has 13 heavy (non-hydrogen) atoms. The van der Waals surface area contributed by atoms with E-state index in [2.05, 4.69) is 21.9 Å². The summed E-state index contributed by atoms with van der Waals surface area (Å²) in [6.07, 6.45) is 4.91. The molecule has 1 nitrogen and oxygen atoms in total. The molecule has 1 rings (SSSR count). The summed E-state index contributed by atoms with van der Waals surface area (Å²) < 4.78 is 0.942. The maximum Gasteiger partial charge on any atom is 0.0910 e. The van der Waals surface area contributed by atoms with E-state index in [4.69, 9.17) is 6.42 Å². The smallest absolute Gasteiger partial charge is 0.0910 e. The van der Waals surface area contributed by atoms with E-state index in [1.807, 2.05) is 25.1 Å². The first-order chi connectivity index (χ1) is 6.16. The van der Waals surface area contributed by atoms with Crippen LogP contribution in [0.25, 0.3) is 0 Å². The van der Waals surface area contributed by atoms with E-state index in [1.165, 1.54) is 0 Å². The normalized spacial score (nSPS) is 12.2. The first kappa shape index (κ1) is 10.3. The molecular weight excluding hydrogens is 228 g/mol. The molecule has 0 saturated heterocycles. The highest BCUT2D eigenvalue weighted by molar-refractivity contribution is 9.10. The number of hydrogen-bond donors (Lipinski definition) is 1. The van der Waals surface area contributed by atoms with Gasteiger partial charge in [0.2, 0.25) is 0 Å². The lowest BCUT2D eigenvalue weighted by atomic mass is 10.0. The number of aryl methyl sites for hydroxylation is 1. The lowest BCUT2D eigenvalue weighted by molar-refractivity contribution is 0.183. The number of aliphatic hydroxyl groups excluding tert-OH is 1. The Kier molecular flexibility index (Phi) is 3.53. The van der Waals surface area contributed by atoms with E-state index in [9.17, 15) is 5.11 Å². The molecule has 1 unspecified atom stereocenters. The van der Waals surface area contributed by atoms with Crippen LogP contribution in [0.15, 0.2) is 22.7 Å². The van der Waals surface area contributed by atoms with Gasteiger partial charge in [-0.1, -0.05) is 34.1 Å². The van der Waals surface area contributed by atoms with Crippen LogP contribution in [0.3, 0.4) is 0 Å². The van der Waals surface area contributed by atoms with Crippen molar-refractivity contribution in [3.05, 3.63) is 33.8 Å². The van der Waals surface area contributed by atoms with Crippen LogP contribution in [0.4, 0.5) is 0 Å². The number of rotatable bonds is 2. The number of hydrogen-bond acceptors (Lipinski definition) is 1. The Morgan fingerprint density at radius 3 is 2.92 bits per heavy atom. The molecule has 0 aromatic heterocycles. The summed E-state index contributed by atoms with van der Waals surface area (Å²) in [5, 5.41) is 9.65. The zero-order chi connectivity index (χ0) is 9.84. The van der Waals surface area contributed by atoms with Gasteiger partial charge in [-0.15, -0.1) is 12.3 Å². The fraction of sp³-hybridized carbons (Fsp3) is 0.273. The van der Waals surface area contributed by atoms with Crippen LogP contribution < -0.4 is 0 Å². The van der Waals surface area contributed by atoms with Crippen LogP contribution in [0.2, 0.25) is 0 Å². The molecule has 0 amide bonds. The molecule has 68 valence electrons. The van der Waals surface area contributed by atoms with Crippen LogP contribution in [-0.2, 0) is 0 Å². The third-order valence-corrected chi connectivity index (χ3v) is 2.98. The predicted octanol–water partition coefficient (Wildman–Crippen LogP) is 2.81. The first-order valence-corrected chi connectivity index (χ1v) is 4.82. The van der Waals surface area contributed by atoms with Gasteiger partial charge < -0.3 is 5.11 Å². The maximum absolute atomic E-state index is 9.65. The Balaban J connectivity index is 3.02. The van der Waals surface area contributed by atoms with Crippen LogP contribution >= 0.6 is 15.9 Å². The van der Waals surface area contributed by atoms with Crippen molar-refractivity contribution in [2.45, 2.75) is 19.4 Å². The monoisotopic (exact) mass is 238 g/mol. The van der Waals surface area contributed by atoms with Crippen LogP contribution in [0.1, 0.15) is 23.7 Å². The van der Waals surface area contributed by atoms with Crippen molar-refractivity contribution < 1.29 is 5.11 Å². The van der Waals surface area contributed by atoms with Crippen molar-refractivity contribution in [2.75, 3.05) is 0 Å². The molecule has 0 aliphatic heterocycles. The minimum atomic E-state index is -0.570. The van der Waals surface area contributed by atoms with Crippen molar-refractivity contribution in [1.29, 1.82) is 0 Å². The van der Waals surface area contributed by atoms with Crippen molar-refractivity contribution in [3.63, 3.8) is 0 Å². The minimum Gasteiger partial charge on any atom is -0.387 e. The Hall–Kier alpha value is -0.780. The molecule has 1 aromatic carbocycles. The number of aliphatic hydroxyl groups is 1. The summed E-state index contributed by atoms with van der Waals surface area (Å²) in [6, 6.07) is 5.77. The molecule has 0 aliphatic rings. The molecule has 1 aromatic rings. The standard InChI is InChI=1S/C11H11BrO/c1-3-5-10(13)9-7-4-6-8(2)11(9)12/h1,4,6-7,10,13H,5H2,2H3. The Labute approximate surface area is 86.9 Å². The topological polar surface area (TPSA) is 20.2 Å². The second-order valence-electron chi connectivity index (χ2n) is 2.90. The van der Waals surface area contributed by atoms with E-state index >= 15 is 0 Å². The molecule has 0 bridgehead atoms. The van der Waals surface area contributed by atoms with Crippen molar-refractivity contribution in [2.24, 2.45) is 0 Å². The van der Waals surface area contributed by atoms with Crippen LogP contribution in [0, 0.1) is 19.3 Å². The van der Waals surface area contributed by atoms with Crippen LogP contribution in [-0.4, -0.2) is 5.11 Å². The molecule has 0 radical (unpaired) electrons. The second kappa shape index (κ2) is 4.45. The van der Waals surface area contributed by atoms with Gasteiger partial charge in [-0.3, -0.25) is 0 Å². The molecule has 0 aliphatic carbocycles. The average molecular weight is 239 g/mol. The molecule has 0 spiro atoms. The van der Waals surface area contributed by atoms with Gasteiger partial charge in [0, 0.05) is 10.9 Å². The van der Waals surface area contributed by atoms with Gasteiger partial charge in [-0.2, -0.15) is 0 Å². The molecule has 1 N–H and O–H groups in total. The highest BCUT2D eigenvalue weighted by Crippen LogP contribution is 2.27. The van der Waals surface area contributed by atoms with Gasteiger partial charge in [-0.05, 0) is 18.1 Å². The Morgan fingerprint density at radius 1 is 1.62 bits per heavy atom. The van der Waals surface area contributed by atoms with E-state index in [-0.39, 0.29) is 0 Å². The zero-order valence-corrected chi connectivity index (χ0v) is 9.01. The molecule has 2 heteroatoms. The summed E-state index contributed by atoms with van der Waals surface area (Å²) in [5.74, 6) is 2.44. The summed E-state index contributed by atoms with van der Waals surface area (Å²) in [6.45, 7) is 1.98. The molecule has 0 saturated carbocycles. The number of benzene rings is 1. The fourth-order valence-corrected chi connectivity index (χ4v) is 1.68. The maximum atomic E-state index is 9.65. The zero-order valence-electron chi connectivity index (χ0n) is 7.42. The van der Waals surface area contributed by atoms with Gasteiger partial charge in [0.05, 0.1) is 6.10 Å². The average Bonchev–Trinajstić information content (AvgIpc) is 2.10. The summed E-state index contributed by atoms with van der Waals surface area (Å²) >= 11 is 3.42. The van der Waals surface area contributed by atoms with E-state index < -0.39 is 6.10 Å². The van der Waals surface area contributed by atoms with Crippen molar-refractivity contribution >= 4 is 15.9 Å². The molecule has 0 heterocycles. The number of terminal acetylenes is 1. The SMILES string of the molecule is C#CCC(O)c1cccc(C)c1Br.